The van der Waals surface area contributed by atoms with E-state index in [0.29, 0.717) is 35.8 Å². The Morgan fingerprint density at radius 3 is 2.53 bits per heavy atom. The Hall–Kier alpha value is -2.36. The molecule has 0 spiro atoms. The molecule has 2 heterocycles. The first kappa shape index (κ1) is 26.2. The third-order valence-electron chi connectivity index (χ3n) is 6.29. The van der Waals surface area contributed by atoms with Crippen LogP contribution in [-0.2, 0) is 32.6 Å². The van der Waals surface area contributed by atoms with Gasteiger partial charge in [-0.15, -0.1) is 0 Å². The van der Waals surface area contributed by atoms with E-state index in [4.69, 9.17) is 16.3 Å². The van der Waals surface area contributed by atoms with Crippen molar-refractivity contribution < 1.29 is 22.7 Å². The second-order valence-corrected chi connectivity index (χ2v) is 10.6. The number of aromatic nitrogens is 1. The van der Waals surface area contributed by atoms with Crippen molar-refractivity contribution in [3.8, 4) is 0 Å². The van der Waals surface area contributed by atoms with E-state index < -0.39 is 21.9 Å². The smallest absolute Gasteiger partial charge is 0.341 e. The number of sulfonamides is 1. The number of carbonyl (C=O) groups is 2. The Morgan fingerprint density at radius 1 is 1.18 bits per heavy atom. The molecule has 1 amide bonds. The molecule has 10 heteroatoms. The molecule has 1 aliphatic rings. The van der Waals surface area contributed by atoms with Gasteiger partial charge in [0.25, 0.3) is 0 Å². The molecule has 8 nitrogen and oxygen atoms in total. The van der Waals surface area contributed by atoms with E-state index in [1.807, 2.05) is 25.1 Å². The zero-order valence-corrected chi connectivity index (χ0v) is 21.6. The van der Waals surface area contributed by atoms with Gasteiger partial charge in [-0.1, -0.05) is 29.8 Å². The van der Waals surface area contributed by atoms with Gasteiger partial charge in [0.2, 0.25) is 15.9 Å². The van der Waals surface area contributed by atoms with Crippen LogP contribution in [0.4, 0.5) is 0 Å². The van der Waals surface area contributed by atoms with Crippen molar-refractivity contribution in [1.82, 2.24) is 14.2 Å². The van der Waals surface area contributed by atoms with Crippen LogP contribution in [0.2, 0.25) is 5.02 Å². The summed E-state index contributed by atoms with van der Waals surface area (Å²) >= 11 is 6.17. The van der Waals surface area contributed by atoms with Gasteiger partial charge in [0.15, 0.2) is 0 Å². The first-order chi connectivity index (χ1) is 16.1. The number of carbonyl (C=O) groups excluding carboxylic acids is 2. The first-order valence-electron chi connectivity index (χ1n) is 11.5. The predicted molar refractivity (Wildman–Crippen MR) is 130 cm³/mol. The highest BCUT2D eigenvalue weighted by molar-refractivity contribution is 7.89. The van der Waals surface area contributed by atoms with Crippen LogP contribution in [0.5, 0.6) is 0 Å². The van der Waals surface area contributed by atoms with Crippen LogP contribution in [-0.4, -0.2) is 48.9 Å². The maximum Gasteiger partial charge on any atom is 0.341 e. The maximum absolute atomic E-state index is 13.8. The van der Waals surface area contributed by atoms with E-state index in [0.717, 1.165) is 5.56 Å². The summed E-state index contributed by atoms with van der Waals surface area (Å²) < 4.78 is 35.8. The summed E-state index contributed by atoms with van der Waals surface area (Å²) in [5.41, 5.74) is 1.92. The second kappa shape index (κ2) is 10.9. The fourth-order valence-corrected chi connectivity index (χ4v) is 6.74. The number of hydrogen-bond acceptors (Lipinski definition) is 5. The summed E-state index contributed by atoms with van der Waals surface area (Å²) in [4.78, 5) is 25.6. The monoisotopic (exact) mass is 509 g/mol. The van der Waals surface area contributed by atoms with Gasteiger partial charge < -0.3 is 14.6 Å². The normalized spacial score (nSPS) is 16.9. The Bertz CT molecular complexity index is 1180. The molecule has 34 heavy (non-hydrogen) atoms. The predicted octanol–water partition coefficient (Wildman–Crippen LogP) is 3.67. The Kier molecular flexibility index (Phi) is 8.43. The topological polar surface area (TPSA) is 97.7 Å². The molecule has 186 valence electrons. The standard InChI is InChI=1S/C24H32ClN3O5S/c1-5-28-16(3)21(24(30)33-6-2)22(17(28)4)34(31,32)27-13-9-11-19(15-27)23(29)26-14-18-10-7-8-12-20(18)25/h7-8,10,12,19H,5-6,9,11,13-15H2,1-4H3,(H,26,29)/t19-/m0/s1. The van der Waals surface area contributed by atoms with Crippen LogP contribution in [0.15, 0.2) is 29.2 Å². The number of piperidine rings is 1. The summed E-state index contributed by atoms with van der Waals surface area (Å²) in [6.45, 7) is 8.27. The Balaban J connectivity index is 1.85. The molecule has 0 aliphatic carbocycles. The molecule has 3 rings (SSSR count). The minimum Gasteiger partial charge on any atom is -0.462 e. The molecular formula is C24H32ClN3O5S. The van der Waals surface area contributed by atoms with Crippen molar-refractivity contribution in [2.24, 2.45) is 5.92 Å². The molecule has 0 bridgehead atoms. The summed E-state index contributed by atoms with van der Waals surface area (Å²) in [6, 6.07) is 7.25. The number of nitrogens with one attached hydrogen (secondary N) is 1. The van der Waals surface area contributed by atoms with Crippen molar-refractivity contribution in [2.45, 2.75) is 58.5 Å². The highest BCUT2D eigenvalue weighted by Crippen LogP contribution is 2.32. The van der Waals surface area contributed by atoms with E-state index in [2.05, 4.69) is 5.32 Å². The number of rotatable bonds is 8. The quantitative estimate of drug-likeness (QED) is 0.547. The minimum absolute atomic E-state index is 0.0255. The van der Waals surface area contributed by atoms with Gasteiger partial charge in [0, 0.05) is 42.6 Å². The molecule has 1 saturated heterocycles. The van der Waals surface area contributed by atoms with Crippen molar-refractivity contribution >= 4 is 33.5 Å². The summed E-state index contributed by atoms with van der Waals surface area (Å²) in [5, 5.41) is 3.44. The van der Waals surface area contributed by atoms with Gasteiger partial charge in [0.1, 0.15) is 10.5 Å². The van der Waals surface area contributed by atoms with Gasteiger partial charge in [-0.3, -0.25) is 4.79 Å². The van der Waals surface area contributed by atoms with Crippen LogP contribution in [0, 0.1) is 19.8 Å². The van der Waals surface area contributed by atoms with Gasteiger partial charge in [0.05, 0.1) is 12.5 Å². The number of halogens is 1. The highest BCUT2D eigenvalue weighted by Gasteiger charge is 2.39. The summed E-state index contributed by atoms with van der Waals surface area (Å²) in [5.74, 6) is -1.36. The Morgan fingerprint density at radius 2 is 1.88 bits per heavy atom. The molecule has 0 saturated carbocycles. The molecule has 1 fully saturated rings. The lowest BCUT2D eigenvalue weighted by atomic mass is 9.99. The van der Waals surface area contributed by atoms with Crippen LogP contribution < -0.4 is 5.32 Å². The van der Waals surface area contributed by atoms with Gasteiger partial charge >= 0.3 is 5.97 Å². The molecule has 0 radical (unpaired) electrons. The molecule has 1 atom stereocenters. The summed E-state index contributed by atoms with van der Waals surface area (Å²) in [6.07, 6.45) is 1.13. The molecule has 1 N–H and O–H groups in total. The zero-order valence-electron chi connectivity index (χ0n) is 20.1. The zero-order chi connectivity index (χ0) is 25.0. The number of ether oxygens (including phenoxy) is 1. The molecule has 2 aromatic rings. The SMILES string of the molecule is CCOC(=O)c1c(S(=O)(=O)N2CCC[C@H](C(=O)NCc3ccccc3Cl)C2)c(C)n(CC)c1C. The van der Waals surface area contributed by atoms with E-state index in [1.54, 1.807) is 31.4 Å². The fourth-order valence-electron chi connectivity index (χ4n) is 4.56. The number of nitrogens with zero attached hydrogens (tertiary/aromatic N) is 2. The number of benzene rings is 1. The van der Waals surface area contributed by atoms with Crippen molar-refractivity contribution in [1.29, 1.82) is 0 Å². The average Bonchev–Trinajstić information content (AvgIpc) is 3.08. The van der Waals surface area contributed by atoms with E-state index in [9.17, 15) is 18.0 Å². The van der Waals surface area contributed by atoms with Crippen LogP contribution in [0.25, 0.3) is 0 Å². The molecule has 0 unspecified atom stereocenters. The molecule has 1 aromatic heterocycles. The third-order valence-corrected chi connectivity index (χ3v) is 8.68. The second-order valence-electron chi connectivity index (χ2n) is 8.35. The molecule has 1 aliphatic heterocycles. The van der Waals surface area contributed by atoms with E-state index in [1.165, 1.54) is 4.31 Å². The van der Waals surface area contributed by atoms with Crippen LogP contribution in [0.1, 0.15) is 54.0 Å². The van der Waals surface area contributed by atoms with Crippen molar-refractivity contribution in [3.63, 3.8) is 0 Å². The number of esters is 1. The number of hydrogen-bond donors (Lipinski definition) is 1. The molecular weight excluding hydrogens is 478 g/mol. The largest absolute Gasteiger partial charge is 0.462 e. The third kappa shape index (κ3) is 5.16. The van der Waals surface area contributed by atoms with Gasteiger partial charge in [-0.05, 0) is 52.2 Å². The molecule has 1 aromatic carbocycles. The first-order valence-corrected chi connectivity index (χ1v) is 13.3. The van der Waals surface area contributed by atoms with Crippen molar-refractivity contribution in [2.75, 3.05) is 19.7 Å². The average molecular weight is 510 g/mol. The Labute approximate surface area is 206 Å². The van der Waals surface area contributed by atoms with Crippen LogP contribution >= 0.6 is 11.6 Å². The lowest BCUT2D eigenvalue weighted by Crippen LogP contribution is -2.45. The van der Waals surface area contributed by atoms with Crippen LogP contribution in [0.3, 0.4) is 0 Å². The lowest BCUT2D eigenvalue weighted by molar-refractivity contribution is -0.126. The van der Waals surface area contributed by atoms with E-state index >= 15 is 0 Å². The lowest BCUT2D eigenvalue weighted by Gasteiger charge is -2.31. The van der Waals surface area contributed by atoms with E-state index in [-0.39, 0.29) is 42.6 Å². The minimum atomic E-state index is -4.03. The van der Waals surface area contributed by atoms with Gasteiger partial charge in [-0.25, -0.2) is 13.2 Å². The van der Waals surface area contributed by atoms with Crippen molar-refractivity contribution in [3.05, 3.63) is 51.8 Å². The number of amides is 1. The van der Waals surface area contributed by atoms with Gasteiger partial charge in [-0.2, -0.15) is 4.31 Å². The maximum atomic E-state index is 13.8. The fraction of sp³-hybridized carbons (Fsp3) is 0.500. The highest BCUT2D eigenvalue weighted by atomic mass is 35.5. The summed E-state index contributed by atoms with van der Waals surface area (Å²) in [7, 11) is -4.03.